The van der Waals surface area contributed by atoms with Crippen LogP contribution in [0.25, 0.3) is 0 Å². The van der Waals surface area contributed by atoms with Crippen molar-refractivity contribution in [2.24, 2.45) is 0 Å². The predicted molar refractivity (Wildman–Crippen MR) is 105 cm³/mol. The van der Waals surface area contributed by atoms with E-state index in [-0.39, 0.29) is 11.9 Å². The Morgan fingerprint density at radius 2 is 2.00 bits per heavy atom. The number of nitrogens with one attached hydrogen (secondary N) is 1. The molecule has 0 aliphatic heterocycles. The molecular weight excluding hydrogens is 344 g/mol. The predicted octanol–water partition coefficient (Wildman–Crippen LogP) is 4.78. The Morgan fingerprint density at radius 1 is 1.19 bits per heavy atom. The quantitative estimate of drug-likeness (QED) is 0.655. The first-order chi connectivity index (χ1) is 12.7. The normalized spacial score (nSPS) is 11.8. The van der Waals surface area contributed by atoms with E-state index >= 15 is 0 Å². The minimum atomic E-state index is -0.170. The third-order valence-electron chi connectivity index (χ3n) is 4.10. The van der Waals surface area contributed by atoms with Crippen molar-refractivity contribution in [3.63, 3.8) is 0 Å². The summed E-state index contributed by atoms with van der Waals surface area (Å²) in [7, 11) is 0. The van der Waals surface area contributed by atoms with Crippen molar-refractivity contribution in [3.05, 3.63) is 81.8 Å². The van der Waals surface area contributed by atoms with Gasteiger partial charge in [-0.05, 0) is 36.6 Å². The van der Waals surface area contributed by atoms with Gasteiger partial charge in [0.25, 0.3) is 5.91 Å². The Bertz CT molecular complexity index is 861. The van der Waals surface area contributed by atoms with Gasteiger partial charge in [0.05, 0.1) is 6.04 Å². The lowest BCUT2D eigenvalue weighted by atomic mass is 10.1. The molecule has 1 amide bonds. The summed E-state index contributed by atoms with van der Waals surface area (Å²) >= 11 is 1.43. The van der Waals surface area contributed by atoms with E-state index in [0.717, 1.165) is 22.7 Å². The maximum atomic E-state index is 12.4. The molecule has 134 valence electrons. The van der Waals surface area contributed by atoms with E-state index in [0.29, 0.717) is 12.3 Å². The SMILES string of the molecule is CCc1cccc(OCc2nc(C(=O)NC(C)c3ccccc3)cs2)c1. The number of ether oxygens (including phenoxy) is 1. The van der Waals surface area contributed by atoms with Crippen molar-refractivity contribution >= 4 is 17.2 Å². The van der Waals surface area contributed by atoms with Crippen molar-refractivity contribution in [2.75, 3.05) is 0 Å². The molecule has 2 aromatic carbocycles. The van der Waals surface area contributed by atoms with Crippen LogP contribution in [-0.4, -0.2) is 10.9 Å². The molecule has 3 aromatic rings. The van der Waals surface area contributed by atoms with Gasteiger partial charge >= 0.3 is 0 Å². The minimum Gasteiger partial charge on any atom is -0.486 e. The lowest BCUT2D eigenvalue weighted by molar-refractivity contribution is 0.0935. The maximum Gasteiger partial charge on any atom is 0.271 e. The molecule has 0 spiro atoms. The number of nitrogens with zero attached hydrogens (tertiary/aromatic N) is 1. The zero-order valence-corrected chi connectivity index (χ0v) is 15.8. The molecular formula is C21H22N2O2S. The number of aromatic nitrogens is 1. The zero-order chi connectivity index (χ0) is 18.4. The fourth-order valence-electron chi connectivity index (χ4n) is 2.58. The van der Waals surface area contributed by atoms with Gasteiger partial charge in [-0.2, -0.15) is 0 Å². The van der Waals surface area contributed by atoms with Crippen LogP contribution in [0.4, 0.5) is 0 Å². The first-order valence-corrected chi connectivity index (χ1v) is 9.55. The van der Waals surface area contributed by atoms with Crippen LogP contribution < -0.4 is 10.1 Å². The van der Waals surface area contributed by atoms with Crippen LogP contribution in [-0.2, 0) is 13.0 Å². The Morgan fingerprint density at radius 3 is 2.77 bits per heavy atom. The van der Waals surface area contributed by atoms with Gasteiger partial charge in [0.15, 0.2) is 0 Å². The van der Waals surface area contributed by atoms with Crippen molar-refractivity contribution in [3.8, 4) is 5.75 Å². The topological polar surface area (TPSA) is 51.2 Å². The lowest BCUT2D eigenvalue weighted by Gasteiger charge is -2.13. The average Bonchev–Trinajstić information content (AvgIpc) is 3.16. The summed E-state index contributed by atoms with van der Waals surface area (Å²) in [5.41, 5.74) is 2.73. The number of hydrogen-bond donors (Lipinski definition) is 1. The molecule has 0 radical (unpaired) electrons. The number of rotatable bonds is 7. The lowest BCUT2D eigenvalue weighted by Crippen LogP contribution is -2.26. The zero-order valence-electron chi connectivity index (χ0n) is 14.9. The first kappa shape index (κ1) is 18.1. The minimum absolute atomic E-state index is 0.0677. The highest BCUT2D eigenvalue weighted by Gasteiger charge is 2.14. The van der Waals surface area contributed by atoms with Crippen molar-refractivity contribution in [2.45, 2.75) is 32.9 Å². The Kier molecular flexibility index (Phi) is 6.02. The molecule has 1 N–H and O–H groups in total. The van der Waals surface area contributed by atoms with E-state index in [4.69, 9.17) is 4.74 Å². The van der Waals surface area contributed by atoms with Crippen LogP contribution in [0.2, 0.25) is 0 Å². The van der Waals surface area contributed by atoms with E-state index in [1.807, 2.05) is 55.5 Å². The molecule has 0 fully saturated rings. The molecule has 1 aromatic heterocycles. The molecule has 3 rings (SSSR count). The standard InChI is InChI=1S/C21H22N2O2S/c1-3-16-8-7-11-18(12-16)25-13-20-23-19(14-26-20)21(24)22-15(2)17-9-5-4-6-10-17/h4-12,14-15H,3,13H2,1-2H3,(H,22,24). The summed E-state index contributed by atoms with van der Waals surface area (Å²) in [6.07, 6.45) is 0.971. The molecule has 4 nitrogen and oxygen atoms in total. The van der Waals surface area contributed by atoms with Gasteiger partial charge in [-0.1, -0.05) is 49.4 Å². The summed E-state index contributed by atoms with van der Waals surface area (Å²) in [6.45, 7) is 4.44. The van der Waals surface area contributed by atoms with Gasteiger partial charge in [0.2, 0.25) is 0 Å². The van der Waals surface area contributed by atoms with Crippen LogP contribution in [0, 0.1) is 0 Å². The number of thiazole rings is 1. The fourth-order valence-corrected chi connectivity index (χ4v) is 3.26. The fraction of sp³-hybridized carbons (Fsp3) is 0.238. The molecule has 1 unspecified atom stereocenters. The molecule has 0 saturated carbocycles. The Hall–Kier alpha value is -2.66. The van der Waals surface area contributed by atoms with Gasteiger partial charge in [0.1, 0.15) is 23.1 Å². The van der Waals surface area contributed by atoms with E-state index in [2.05, 4.69) is 23.3 Å². The van der Waals surface area contributed by atoms with Gasteiger partial charge in [-0.25, -0.2) is 4.98 Å². The molecule has 0 aliphatic carbocycles. The second-order valence-electron chi connectivity index (χ2n) is 6.02. The highest BCUT2D eigenvalue weighted by atomic mass is 32.1. The van der Waals surface area contributed by atoms with Crippen molar-refractivity contribution in [1.82, 2.24) is 10.3 Å². The number of carbonyl (C=O) groups excluding carboxylic acids is 1. The van der Waals surface area contributed by atoms with E-state index in [1.165, 1.54) is 16.9 Å². The molecule has 5 heteroatoms. The molecule has 1 heterocycles. The highest BCUT2D eigenvalue weighted by Crippen LogP contribution is 2.18. The van der Waals surface area contributed by atoms with Crippen LogP contribution in [0.1, 0.15) is 46.5 Å². The summed E-state index contributed by atoms with van der Waals surface area (Å²) in [5, 5.41) is 5.53. The van der Waals surface area contributed by atoms with Gasteiger partial charge < -0.3 is 10.1 Å². The smallest absolute Gasteiger partial charge is 0.271 e. The third-order valence-corrected chi connectivity index (χ3v) is 4.92. The summed E-state index contributed by atoms with van der Waals surface area (Å²) in [6, 6.07) is 17.8. The Balaban J connectivity index is 1.57. The van der Waals surface area contributed by atoms with Crippen LogP contribution >= 0.6 is 11.3 Å². The van der Waals surface area contributed by atoms with E-state index < -0.39 is 0 Å². The highest BCUT2D eigenvalue weighted by molar-refractivity contribution is 7.09. The number of benzene rings is 2. The van der Waals surface area contributed by atoms with Crippen molar-refractivity contribution in [1.29, 1.82) is 0 Å². The maximum absolute atomic E-state index is 12.4. The number of amides is 1. The van der Waals surface area contributed by atoms with Crippen LogP contribution in [0.5, 0.6) is 5.75 Å². The van der Waals surface area contributed by atoms with Crippen LogP contribution in [0.3, 0.4) is 0 Å². The first-order valence-electron chi connectivity index (χ1n) is 8.67. The second kappa shape index (κ2) is 8.63. The number of hydrogen-bond acceptors (Lipinski definition) is 4. The summed E-state index contributed by atoms with van der Waals surface area (Å²) in [4.78, 5) is 16.8. The molecule has 0 saturated heterocycles. The second-order valence-corrected chi connectivity index (χ2v) is 6.96. The van der Waals surface area contributed by atoms with Gasteiger partial charge in [-0.15, -0.1) is 11.3 Å². The molecule has 0 aliphatic rings. The largest absolute Gasteiger partial charge is 0.486 e. The van der Waals surface area contributed by atoms with E-state index in [1.54, 1.807) is 5.38 Å². The number of aryl methyl sites for hydroxylation is 1. The molecule has 26 heavy (non-hydrogen) atoms. The molecule has 1 atom stereocenters. The van der Waals surface area contributed by atoms with E-state index in [9.17, 15) is 4.79 Å². The average molecular weight is 366 g/mol. The summed E-state index contributed by atoms with van der Waals surface area (Å²) in [5.74, 6) is 0.653. The van der Waals surface area contributed by atoms with Crippen LogP contribution in [0.15, 0.2) is 60.0 Å². The summed E-state index contributed by atoms with van der Waals surface area (Å²) < 4.78 is 5.79. The number of carbonyl (C=O) groups is 1. The molecule has 0 bridgehead atoms. The van der Waals surface area contributed by atoms with Gasteiger partial charge in [0, 0.05) is 5.38 Å². The van der Waals surface area contributed by atoms with Crippen molar-refractivity contribution < 1.29 is 9.53 Å². The van der Waals surface area contributed by atoms with Gasteiger partial charge in [-0.3, -0.25) is 4.79 Å². The monoisotopic (exact) mass is 366 g/mol. The third kappa shape index (κ3) is 4.70. The Labute approximate surface area is 157 Å².